The number of rotatable bonds is 9. The van der Waals surface area contributed by atoms with Crippen LogP contribution >= 0.6 is 0 Å². The van der Waals surface area contributed by atoms with Crippen LogP contribution in [0, 0.1) is 6.92 Å². The molecule has 1 N–H and O–H groups in total. The third-order valence-electron chi connectivity index (χ3n) is 5.95. The van der Waals surface area contributed by atoms with Gasteiger partial charge in [-0.1, -0.05) is 29.8 Å². The highest BCUT2D eigenvalue weighted by atomic mass is 32.2. The summed E-state index contributed by atoms with van der Waals surface area (Å²) in [6, 6.07) is 21.1. The first-order valence-corrected chi connectivity index (χ1v) is 13.3. The van der Waals surface area contributed by atoms with E-state index in [0.717, 1.165) is 28.6 Å². The van der Waals surface area contributed by atoms with Crippen molar-refractivity contribution in [1.29, 1.82) is 0 Å². The van der Waals surface area contributed by atoms with Crippen molar-refractivity contribution in [1.82, 2.24) is 0 Å². The highest BCUT2D eigenvalue weighted by Crippen LogP contribution is 2.32. The maximum atomic E-state index is 13.7. The second-order valence-corrected chi connectivity index (χ2v) is 10.4. The Bertz CT molecular complexity index is 1250. The van der Waals surface area contributed by atoms with Crippen LogP contribution in [0.4, 0.5) is 17.1 Å². The Balaban J connectivity index is 1.60. The van der Waals surface area contributed by atoms with Crippen molar-refractivity contribution in [3.05, 3.63) is 78.4 Å². The highest BCUT2D eigenvalue weighted by molar-refractivity contribution is 7.92. The number of benzene rings is 3. The third-order valence-corrected chi connectivity index (χ3v) is 7.73. The number of aryl methyl sites for hydroxylation is 1. The van der Waals surface area contributed by atoms with Gasteiger partial charge < -0.3 is 15.0 Å². The molecule has 35 heavy (non-hydrogen) atoms. The molecule has 0 spiro atoms. The minimum atomic E-state index is -4.03. The van der Waals surface area contributed by atoms with E-state index in [0.29, 0.717) is 23.7 Å². The first-order chi connectivity index (χ1) is 16.9. The zero-order valence-electron chi connectivity index (χ0n) is 20.1. The first kappa shape index (κ1) is 24.6. The number of sulfonamides is 1. The number of carbonyl (C=O) groups excluding carboxylic acids is 1. The number of ether oxygens (including phenoxy) is 1. The number of para-hydroxylation sites is 2. The Morgan fingerprint density at radius 1 is 0.971 bits per heavy atom. The summed E-state index contributed by atoms with van der Waals surface area (Å²) in [4.78, 5) is 15.5. The predicted octanol–water partition coefficient (Wildman–Crippen LogP) is 4.83. The number of nitrogens with one attached hydrogen (secondary N) is 1. The number of amides is 1. The molecule has 0 radical (unpaired) electrons. The molecule has 0 aromatic heterocycles. The summed E-state index contributed by atoms with van der Waals surface area (Å²) < 4.78 is 34.1. The van der Waals surface area contributed by atoms with Gasteiger partial charge in [-0.15, -0.1) is 0 Å². The van der Waals surface area contributed by atoms with E-state index in [1.165, 1.54) is 12.8 Å². The van der Waals surface area contributed by atoms with Gasteiger partial charge >= 0.3 is 0 Å². The van der Waals surface area contributed by atoms with Gasteiger partial charge in [0.2, 0.25) is 5.91 Å². The van der Waals surface area contributed by atoms with E-state index in [-0.39, 0.29) is 4.90 Å². The zero-order valence-corrected chi connectivity index (χ0v) is 20.9. The summed E-state index contributed by atoms with van der Waals surface area (Å²) in [5.74, 6) is -0.0469. The highest BCUT2D eigenvalue weighted by Gasteiger charge is 2.29. The van der Waals surface area contributed by atoms with Gasteiger partial charge in [0.1, 0.15) is 12.3 Å². The molecule has 0 saturated carbocycles. The van der Waals surface area contributed by atoms with Gasteiger partial charge in [0, 0.05) is 24.5 Å². The van der Waals surface area contributed by atoms with Gasteiger partial charge in [-0.05, 0) is 75.2 Å². The van der Waals surface area contributed by atoms with Crippen molar-refractivity contribution >= 4 is 33.0 Å². The number of hydrogen-bond acceptors (Lipinski definition) is 5. The van der Waals surface area contributed by atoms with Crippen LogP contribution in [0.2, 0.25) is 0 Å². The lowest BCUT2D eigenvalue weighted by molar-refractivity contribution is -0.114. The topological polar surface area (TPSA) is 79.0 Å². The fourth-order valence-corrected chi connectivity index (χ4v) is 5.57. The third kappa shape index (κ3) is 5.77. The number of anilines is 3. The molecule has 1 aliphatic rings. The van der Waals surface area contributed by atoms with Crippen LogP contribution in [-0.4, -0.2) is 40.6 Å². The molecular weight excluding hydrogens is 462 g/mol. The lowest BCUT2D eigenvalue weighted by atomic mass is 10.2. The Morgan fingerprint density at radius 2 is 1.63 bits per heavy atom. The summed E-state index contributed by atoms with van der Waals surface area (Å²) in [5.41, 5.74) is 2.99. The van der Waals surface area contributed by atoms with E-state index in [1.54, 1.807) is 48.5 Å². The second kappa shape index (κ2) is 10.8. The van der Waals surface area contributed by atoms with Gasteiger partial charge in [0.05, 0.1) is 17.2 Å². The fraction of sp³-hybridized carbons (Fsp3) is 0.296. The van der Waals surface area contributed by atoms with Crippen LogP contribution < -0.4 is 19.3 Å². The summed E-state index contributed by atoms with van der Waals surface area (Å²) in [6.45, 7) is 5.77. The second-order valence-electron chi connectivity index (χ2n) is 8.51. The molecule has 0 unspecified atom stereocenters. The van der Waals surface area contributed by atoms with Crippen LogP contribution in [-0.2, 0) is 14.8 Å². The molecule has 8 heteroatoms. The monoisotopic (exact) mass is 493 g/mol. The molecule has 7 nitrogen and oxygen atoms in total. The molecule has 0 aliphatic carbocycles. The van der Waals surface area contributed by atoms with Crippen molar-refractivity contribution < 1.29 is 17.9 Å². The van der Waals surface area contributed by atoms with Crippen LogP contribution in [0.3, 0.4) is 0 Å². The molecular formula is C27H31N3O4S. The SMILES string of the molecule is CCOc1ccccc1N(CC(=O)Nc1ccc(N2CCCC2)cc1)S(=O)(=O)c1ccc(C)cc1. The van der Waals surface area contributed by atoms with Gasteiger partial charge in [-0.25, -0.2) is 8.42 Å². The zero-order chi connectivity index (χ0) is 24.8. The molecule has 1 amide bonds. The van der Waals surface area contributed by atoms with Gasteiger partial charge in [-0.3, -0.25) is 9.10 Å². The lowest BCUT2D eigenvalue weighted by Crippen LogP contribution is -2.38. The summed E-state index contributed by atoms with van der Waals surface area (Å²) in [6.07, 6.45) is 2.37. The van der Waals surface area contributed by atoms with Gasteiger partial charge in [0.25, 0.3) is 10.0 Å². The molecule has 4 rings (SSSR count). The Kier molecular flexibility index (Phi) is 7.60. The smallest absolute Gasteiger partial charge is 0.264 e. The predicted molar refractivity (Wildman–Crippen MR) is 140 cm³/mol. The van der Waals surface area contributed by atoms with Crippen molar-refractivity contribution in [3.8, 4) is 5.75 Å². The lowest BCUT2D eigenvalue weighted by Gasteiger charge is -2.26. The number of carbonyl (C=O) groups is 1. The molecule has 3 aromatic rings. The fourth-order valence-electron chi connectivity index (χ4n) is 4.14. The van der Waals surface area contributed by atoms with Crippen molar-refractivity contribution in [2.24, 2.45) is 0 Å². The normalized spacial score (nSPS) is 13.5. The van der Waals surface area contributed by atoms with E-state index in [4.69, 9.17) is 4.74 Å². The maximum absolute atomic E-state index is 13.7. The summed E-state index contributed by atoms with van der Waals surface area (Å²) in [5, 5.41) is 2.84. The largest absolute Gasteiger partial charge is 0.492 e. The standard InChI is InChI=1S/C27H31N3O4S/c1-3-34-26-9-5-4-8-25(26)30(35(32,33)24-16-10-21(2)11-17-24)20-27(31)28-22-12-14-23(15-13-22)29-18-6-7-19-29/h4-5,8-17H,3,6-7,18-20H2,1-2H3,(H,28,31). The molecule has 1 heterocycles. The molecule has 1 aliphatic heterocycles. The van der Waals surface area contributed by atoms with E-state index in [1.807, 2.05) is 38.1 Å². The van der Waals surface area contributed by atoms with E-state index < -0.39 is 22.5 Å². The van der Waals surface area contributed by atoms with Crippen molar-refractivity contribution in [2.75, 3.05) is 40.8 Å². The number of nitrogens with zero attached hydrogens (tertiary/aromatic N) is 2. The Labute approximate surface area is 207 Å². The molecule has 3 aromatic carbocycles. The maximum Gasteiger partial charge on any atom is 0.264 e. The summed E-state index contributed by atoms with van der Waals surface area (Å²) >= 11 is 0. The quantitative estimate of drug-likeness (QED) is 0.462. The molecule has 0 atom stereocenters. The Hall–Kier alpha value is -3.52. The van der Waals surface area contributed by atoms with E-state index >= 15 is 0 Å². The molecule has 0 bridgehead atoms. The van der Waals surface area contributed by atoms with Crippen molar-refractivity contribution in [3.63, 3.8) is 0 Å². The minimum Gasteiger partial charge on any atom is -0.492 e. The average molecular weight is 494 g/mol. The van der Waals surface area contributed by atoms with Crippen LogP contribution in [0.25, 0.3) is 0 Å². The van der Waals surface area contributed by atoms with Gasteiger partial charge in [0.15, 0.2) is 0 Å². The molecule has 1 saturated heterocycles. The molecule has 184 valence electrons. The van der Waals surface area contributed by atoms with Crippen LogP contribution in [0.1, 0.15) is 25.3 Å². The Morgan fingerprint density at radius 3 is 2.29 bits per heavy atom. The first-order valence-electron chi connectivity index (χ1n) is 11.8. The van der Waals surface area contributed by atoms with Crippen LogP contribution in [0.5, 0.6) is 5.75 Å². The van der Waals surface area contributed by atoms with Crippen molar-refractivity contribution in [2.45, 2.75) is 31.6 Å². The number of hydrogen-bond donors (Lipinski definition) is 1. The molecule has 1 fully saturated rings. The minimum absolute atomic E-state index is 0.108. The van der Waals surface area contributed by atoms with Crippen LogP contribution in [0.15, 0.2) is 77.7 Å². The van der Waals surface area contributed by atoms with E-state index in [9.17, 15) is 13.2 Å². The van der Waals surface area contributed by atoms with E-state index in [2.05, 4.69) is 10.2 Å². The summed E-state index contributed by atoms with van der Waals surface area (Å²) in [7, 11) is -4.03. The van der Waals surface area contributed by atoms with Gasteiger partial charge in [-0.2, -0.15) is 0 Å². The average Bonchev–Trinajstić information content (AvgIpc) is 3.39.